The number of rotatable bonds is 0. The summed E-state index contributed by atoms with van der Waals surface area (Å²) in [6, 6.07) is 0. The summed E-state index contributed by atoms with van der Waals surface area (Å²) in [6.45, 7) is 4.00. The molecule has 6 heavy (non-hydrogen) atoms. The van der Waals surface area contributed by atoms with Crippen LogP contribution in [0.4, 0.5) is 0 Å². The molecule has 0 rings (SSSR count). The van der Waals surface area contributed by atoms with Crippen molar-refractivity contribution in [3.8, 4) is 0 Å². The summed E-state index contributed by atoms with van der Waals surface area (Å²) < 4.78 is 0. The average Bonchev–Trinajstić information content (AvgIpc) is 1.37. The van der Waals surface area contributed by atoms with Crippen LogP contribution in [-0.4, -0.2) is 0 Å². The molecular weight excluding hydrogens is 376 g/mol. The van der Waals surface area contributed by atoms with E-state index in [0.29, 0.717) is 0 Å². The molecule has 0 heterocycles. The third kappa shape index (κ3) is 18.1. The summed E-state index contributed by atoms with van der Waals surface area (Å²) in [4.78, 5) is 0. The Bertz CT molecular complexity index is 22.7. The molecule has 0 N–H and O–H groups in total. The molecule has 0 bridgehead atoms. The van der Waals surface area contributed by atoms with Gasteiger partial charge in [-0.05, 0) is 13.8 Å². The molecule has 0 aromatic heterocycles. The Kier molecular flexibility index (Phi) is 42.1. The molecule has 0 atom stereocenters. The van der Waals surface area contributed by atoms with Crippen LogP contribution in [0.3, 0.4) is 0 Å². The number of hydrogen-bond donors (Lipinski definition) is 0. The van der Waals surface area contributed by atoms with Gasteiger partial charge in [-0.25, -0.2) is 0 Å². The Labute approximate surface area is 76.9 Å². The number of hydrogen-bond acceptors (Lipinski definition) is 0. The Morgan fingerprint density at radius 2 is 1.17 bits per heavy atom. The van der Waals surface area contributed by atoms with Crippen molar-refractivity contribution in [1.29, 1.82) is 0 Å². The van der Waals surface area contributed by atoms with Crippen LogP contribution < -0.4 is 24.0 Å². The molecule has 0 saturated carbocycles. The smallest absolute Gasteiger partial charge is 1.00 e. The van der Waals surface area contributed by atoms with Crippen molar-refractivity contribution in [2.24, 2.45) is 0 Å². The van der Waals surface area contributed by atoms with Gasteiger partial charge in [0.1, 0.15) is 0 Å². The minimum atomic E-state index is 0. The van der Waals surface area contributed by atoms with Crippen molar-refractivity contribution in [2.45, 2.75) is 13.8 Å². The van der Waals surface area contributed by atoms with Crippen LogP contribution in [0.2, 0.25) is 0 Å². The van der Waals surface area contributed by atoms with Crippen LogP contribution >= 0.6 is 0 Å². The quantitative estimate of drug-likeness (QED) is 0.274. The molecule has 0 saturated heterocycles. The van der Waals surface area contributed by atoms with E-state index in [1.165, 1.54) is 0 Å². The summed E-state index contributed by atoms with van der Waals surface area (Å²) in [5.41, 5.74) is 0. The molecule has 0 spiro atoms. The molecule has 0 nitrogen and oxygen atoms in total. The molecule has 33 valence electrons. The van der Waals surface area contributed by atoms with Crippen molar-refractivity contribution in [3.63, 3.8) is 0 Å². The fraction of sp³-hybridized carbons (Fsp3) is 0.500. The van der Waals surface area contributed by atoms with E-state index >= 15 is 0 Å². The third-order valence-corrected chi connectivity index (χ3v) is 0.333. The summed E-state index contributed by atoms with van der Waals surface area (Å²) in [5.74, 6) is 0. The molecule has 1 radical (unpaired) electrons. The van der Waals surface area contributed by atoms with Gasteiger partial charge in [0.15, 0.2) is 0 Å². The normalized spacial score (nSPS) is 6.33. The number of allylic oxidation sites excluding steroid dienone is 2. The van der Waals surface area contributed by atoms with Gasteiger partial charge in [0, 0.05) is 0 Å². The molecule has 0 unspecified atom stereocenters. The molecule has 2 heteroatoms. The Morgan fingerprint density at radius 3 is 1.17 bits per heavy atom. The van der Waals surface area contributed by atoms with E-state index in [4.69, 9.17) is 0 Å². The van der Waals surface area contributed by atoms with Crippen molar-refractivity contribution < 1.29 is 51.6 Å². The minimum absolute atomic E-state index is 0. The van der Waals surface area contributed by atoms with Gasteiger partial charge in [0.05, 0.1) is 0 Å². The maximum Gasteiger partial charge on any atom is 1.00 e. The first kappa shape index (κ1) is 15.7. The van der Waals surface area contributed by atoms with Gasteiger partial charge in [0.2, 0.25) is 0 Å². The summed E-state index contributed by atoms with van der Waals surface area (Å²) >= 11 is 0. The Morgan fingerprint density at radius 1 is 1.00 bits per heavy atom. The predicted octanol–water partition coefficient (Wildman–Crippen LogP) is -1.42. The van der Waals surface area contributed by atoms with Gasteiger partial charge < -0.3 is 24.0 Å². The van der Waals surface area contributed by atoms with E-state index in [9.17, 15) is 0 Å². The second-order valence-electron chi connectivity index (χ2n) is 0.667. The van der Waals surface area contributed by atoms with Crippen LogP contribution in [0, 0.1) is 0 Å². The van der Waals surface area contributed by atoms with Crippen LogP contribution in [-0.2, 0) is 27.7 Å². The molecule has 0 aliphatic heterocycles. The van der Waals surface area contributed by atoms with Gasteiger partial charge in [0.25, 0.3) is 0 Å². The summed E-state index contributed by atoms with van der Waals surface area (Å²) in [7, 11) is 0. The topological polar surface area (TPSA) is 0 Å². The SMILES string of the molecule is C/C=C/C.[Hg+].[I-]. The van der Waals surface area contributed by atoms with E-state index in [1.54, 1.807) is 0 Å². The van der Waals surface area contributed by atoms with Gasteiger partial charge in [-0.2, -0.15) is 0 Å². The van der Waals surface area contributed by atoms with Gasteiger partial charge in [-0.15, -0.1) is 0 Å². The zero-order valence-electron chi connectivity index (χ0n) is 4.24. The Hall–Kier alpha value is 1.41. The fourth-order valence-electron chi connectivity index (χ4n) is 0. The van der Waals surface area contributed by atoms with E-state index in [1.807, 2.05) is 26.0 Å². The second kappa shape index (κ2) is 16.1. The van der Waals surface area contributed by atoms with Crippen LogP contribution in [0.15, 0.2) is 12.2 Å². The van der Waals surface area contributed by atoms with Crippen LogP contribution in [0.1, 0.15) is 13.8 Å². The maximum absolute atomic E-state index is 2.00. The zero-order chi connectivity index (χ0) is 3.41. The molecule has 0 aromatic rings. The predicted molar refractivity (Wildman–Crippen MR) is 20.5 cm³/mol. The van der Waals surface area contributed by atoms with Gasteiger partial charge in [-0.3, -0.25) is 0 Å². The first-order chi connectivity index (χ1) is 1.91. The van der Waals surface area contributed by atoms with Gasteiger partial charge >= 0.3 is 27.7 Å². The van der Waals surface area contributed by atoms with Crippen molar-refractivity contribution in [2.75, 3.05) is 0 Å². The molecular formula is C4H8HgI. The van der Waals surface area contributed by atoms with Crippen LogP contribution in [0.5, 0.6) is 0 Å². The first-order valence-corrected chi connectivity index (χ1v) is 1.49. The molecule has 0 amide bonds. The monoisotopic (exact) mass is 385 g/mol. The fourth-order valence-corrected chi connectivity index (χ4v) is 0. The summed E-state index contributed by atoms with van der Waals surface area (Å²) in [6.07, 6.45) is 4.00. The third-order valence-electron chi connectivity index (χ3n) is 0.333. The molecule has 0 aliphatic carbocycles. The largest absolute Gasteiger partial charge is 1.00 e. The van der Waals surface area contributed by atoms with Crippen molar-refractivity contribution >= 4 is 0 Å². The molecule has 0 fully saturated rings. The van der Waals surface area contributed by atoms with E-state index < -0.39 is 0 Å². The Balaban J connectivity index is -0.0000000450. The number of halogens is 1. The first-order valence-electron chi connectivity index (χ1n) is 1.49. The zero-order valence-corrected chi connectivity index (χ0v) is 11.9. The molecule has 0 aliphatic rings. The average molecular weight is 384 g/mol. The van der Waals surface area contributed by atoms with Gasteiger partial charge in [-0.1, -0.05) is 12.2 Å². The second-order valence-corrected chi connectivity index (χ2v) is 0.667. The maximum atomic E-state index is 2.00. The standard InChI is InChI=1S/C4H8.Hg.HI/c1-3-4-2;;/h3-4H,1-2H3;;1H/q;+1;/p-1/b4-3+;;. The van der Waals surface area contributed by atoms with Crippen molar-refractivity contribution in [1.82, 2.24) is 0 Å². The van der Waals surface area contributed by atoms with E-state index in [0.717, 1.165) is 0 Å². The van der Waals surface area contributed by atoms with Crippen molar-refractivity contribution in [3.05, 3.63) is 12.2 Å². The summed E-state index contributed by atoms with van der Waals surface area (Å²) in [5, 5.41) is 0. The molecule has 0 aromatic carbocycles. The van der Waals surface area contributed by atoms with E-state index in [2.05, 4.69) is 0 Å². The minimum Gasteiger partial charge on any atom is -1.00 e. The van der Waals surface area contributed by atoms with E-state index in [-0.39, 0.29) is 51.6 Å². The van der Waals surface area contributed by atoms with Crippen LogP contribution in [0.25, 0.3) is 0 Å².